The van der Waals surface area contributed by atoms with E-state index in [4.69, 9.17) is 0 Å². The summed E-state index contributed by atoms with van der Waals surface area (Å²) in [6.45, 7) is 8.50. The SMILES string of the molecule is CCCCC(CC)NS(=O)(=O)c1ccc(N2C(=O)C(C#N)=C(c3ccccc3)/C(=C/C=C3/N(CCCC(=O)Nc4ccc(S(=O)(=O)O)cc4)c4ccc5ccccc5c4C3(C)C)C2=O)cc1. The molecule has 340 valence electrons. The van der Waals surface area contributed by atoms with Gasteiger partial charge in [0.05, 0.1) is 15.5 Å². The van der Waals surface area contributed by atoms with Gasteiger partial charge in [-0.15, -0.1) is 0 Å². The predicted molar refractivity (Wildman–Crippen MR) is 256 cm³/mol. The number of nitriles is 1. The first-order valence-electron chi connectivity index (χ1n) is 21.8. The van der Waals surface area contributed by atoms with E-state index in [0.717, 1.165) is 45.5 Å². The Morgan fingerprint density at radius 2 is 1.48 bits per heavy atom. The molecule has 3 amide bonds. The summed E-state index contributed by atoms with van der Waals surface area (Å²) in [5.74, 6) is -1.86. The number of fused-ring (bicyclic) bond motifs is 3. The van der Waals surface area contributed by atoms with Crippen molar-refractivity contribution in [3.63, 3.8) is 0 Å². The van der Waals surface area contributed by atoms with Crippen molar-refractivity contribution in [3.05, 3.63) is 155 Å². The molecule has 3 N–H and O–H groups in total. The second kappa shape index (κ2) is 19.4. The van der Waals surface area contributed by atoms with E-state index in [0.29, 0.717) is 37.1 Å². The van der Waals surface area contributed by atoms with E-state index in [1.165, 1.54) is 48.5 Å². The Hall–Kier alpha value is -6.70. The van der Waals surface area contributed by atoms with E-state index < -0.39 is 37.4 Å². The number of nitrogens with one attached hydrogen (secondary N) is 2. The van der Waals surface area contributed by atoms with Gasteiger partial charge in [0.15, 0.2) is 0 Å². The van der Waals surface area contributed by atoms with E-state index in [2.05, 4.69) is 40.9 Å². The van der Waals surface area contributed by atoms with Gasteiger partial charge in [-0.3, -0.25) is 18.9 Å². The Morgan fingerprint density at radius 1 is 0.818 bits per heavy atom. The van der Waals surface area contributed by atoms with Crippen LogP contribution in [0.5, 0.6) is 0 Å². The number of benzene rings is 5. The average molecular weight is 926 g/mol. The summed E-state index contributed by atoms with van der Waals surface area (Å²) in [4.78, 5) is 45.0. The van der Waals surface area contributed by atoms with Gasteiger partial charge in [0, 0.05) is 52.6 Å². The first kappa shape index (κ1) is 47.3. The molecule has 1 atom stereocenters. The first-order valence-corrected chi connectivity index (χ1v) is 24.7. The molecule has 5 aromatic rings. The molecule has 0 saturated carbocycles. The Kier molecular flexibility index (Phi) is 13.9. The van der Waals surface area contributed by atoms with Crippen LogP contribution in [0.2, 0.25) is 0 Å². The van der Waals surface area contributed by atoms with E-state index >= 15 is 0 Å². The van der Waals surface area contributed by atoms with Crippen LogP contribution in [0.1, 0.15) is 77.3 Å². The Balaban J connectivity index is 1.27. The molecule has 0 aliphatic carbocycles. The molecule has 66 heavy (non-hydrogen) atoms. The van der Waals surface area contributed by atoms with Crippen molar-refractivity contribution >= 4 is 71.3 Å². The molecular weight excluding hydrogens is 875 g/mol. The molecule has 15 heteroatoms. The number of hydrogen-bond donors (Lipinski definition) is 3. The third-order valence-corrected chi connectivity index (χ3v) is 14.5. The summed E-state index contributed by atoms with van der Waals surface area (Å²) in [6, 6.07) is 33.3. The van der Waals surface area contributed by atoms with Crippen LogP contribution in [-0.4, -0.2) is 51.7 Å². The van der Waals surface area contributed by atoms with Gasteiger partial charge in [0.1, 0.15) is 11.6 Å². The number of amides is 3. The molecule has 0 aromatic heterocycles. The zero-order valence-corrected chi connectivity index (χ0v) is 38.7. The van der Waals surface area contributed by atoms with Crippen molar-refractivity contribution in [1.82, 2.24) is 4.72 Å². The summed E-state index contributed by atoms with van der Waals surface area (Å²) in [6.07, 6.45) is 7.05. The number of hydrogen-bond acceptors (Lipinski definition) is 9. The van der Waals surface area contributed by atoms with Crippen LogP contribution < -0.4 is 19.8 Å². The van der Waals surface area contributed by atoms with Gasteiger partial charge in [0.2, 0.25) is 15.9 Å². The van der Waals surface area contributed by atoms with Crippen LogP contribution in [0.3, 0.4) is 0 Å². The minimum absolute atomic E-state index is 0.0258. The topological polar surface area (TPSA) is 194 Å². The molecule has 0 saturated heterocycles. The minimum Gasteiger partial charge on any atom is -0.344 e. The second-order valence-electron chi connectivity index (χ2n) is 16.8. The van der Waals surface area contributed by atoms with Crippen molar-refractivity contribution in [2.24, 2.45) is 0 Å². The summed E-state index contributed by atoms with van der Waals surface area (Å²) in [5.41, 5.74) is 2.99. The summed E-state index contributed by atoms with van der Waals surface area (Å²) < 4.78 is 61.9. The van der Waals surface area contributed by atoms with Crippen molar-refractivity contribution in [2.75, 3.05) is 21.7 Å². The third kappa shape index (κ3) is 9.63. The van der Waals surface area contributed by atoms with Crippen LogP contribution in [0.15, 0.2) is 154 Å². The maximum absolute atomic E-state index is 14.9. The van der Waals surface area contributed by atoms with Crippen molar-refractivity contribution < 1.29 is 35.8 Å². The van der Waals surface area contributed by atoms with Crippen LogP contribution in [0.4, 0.5) is 17.1 Å². The number of sulfonamides is 1. The molecule has 0 radical (unpaired) electrons. The normalized spacial score (nSPS) is 16.8. The van der Waals surface area contributed by atoms with Crippen LogP contribution in [0, 0.1) is 11.3 Å². The number of imide groups is 1. The second-order valence-corrected chi connectivity index (χ2v) is 19.9. The molecule has 2 aliphatic rings. The molecule has 0 spiro atoms. The molecule has 7 rings (SSSR count). The van der Waals surface area contributed by atoms with Crippen LogP contribution >= 0.6 is 0 Å². The summed E-state index contributed by atoms with van der Waals surface area (Å²) >= 11 is 0. The number of rotatable bonds is 16. The molecule has 13 nitrogen and oxygen atoms in total. The molecule has 2 aliphatic heterocycles. The quantitative estimate of drug-likeness (QED) is 0.0488. The number of anilines is 3. The lowest BCUT2D eigenvalue weighted by Crippen LogP contribution is -2.43. The lowest BCUT2D eigenvalue weighted by Gasteiger charge is -2.30. The molecular formula is C51H51N5O8S2. The van der Waals surface area contributed by atoms with Gasteiger partial charge < -0.3 is 10.2 Å². The highest BCUT2D eigenvalue weighted by molar-refractivity contribution is 7.89. The monoisotopic (exact) mass is 925 g/mol. The molecule has 5 aromatic carbocycles. The van der Waals surface area contributed by atoms with E-state index in [9.17, 15) is 41.0 Å². The van der Waals surface area contributed by atoms with Crippen molar-refractivity contribution in [2.45, 2.75) is 87.5 Å². The number of carbonyl (C=O) groups is 3. The summed E-state index contributed by atoms with van der Waals surface area (Å²) in [5, 5.41) is 15.4. The number of unbranched alkanes of at least 4 members (excludes halogenated alkanes) is 1. The number of carbonyl (C=O) groups excluding carboxylic acids is 3. The molecule has 1 unspecified atom stereocenters. The smallest absolute Gasteiger partial charge is 0.294 e. The van der Waals surface area contributed by atoms with Gasteiger partial charge in [-0.1, -0.05) is 101 Å². The van der Waals surface area contributed by atoms with Gasteiger partial charge in [-0.25, -0.2) is 18.0 Å². The maximum atomic E-state index is 14.9. The van der Waals surface area contributed by atoms with Gasteiger partial charge in [0.25, 0.3) is 21.9 Å². The highest BCUT2D eigenvalue weighted by atomic mass is 32.2. The van der Waals surface area contributed by atoms with E-state index in [1.54, 1.807) is 36.4 Å². The fourth-order valence-electron chi connectivity index (χ4n) is 8.70. The standard InChI is InChI=1S/C51H51N5O8S2/c1-5-7-17-36(6-2)54-65(60,61)39-27-23-38(24-28-39)56-49(58)42(47(43(33-52)50(56)59)35-15-9-8-10-16-35)29-31-45-51(3,4)48-41-18-12-11-14-34(41)20-30-44(48)55(45)32-13-19-46(57)53-37-21-25-40(26-22-37)66(62,63)64/h8-12,14-16,18,20-31,36,54H,5-7,13,17,19,32H2,1-4H3,(H,53,57)(H,62,63,64)/b42-29-,45-31+. The zero-order valence-electron chi connectivity index (χ0n) is 37.1. The van der Waals surface area contributed by atoms with E-state index in [1.807, 2.05) is 50.3 Å². The minimum atomic E-state index is -4.39. The molecule has 0 fully saturated rings. The van der Waals surface area contributed by atoms with E-state index in [-0.39, 0.29) is 50.6 Å². The Bertz CT molecular complexity index is 3060. The van der Waals surface area contributed by atoms with Crippen LogP contribution in [0.25, 0.3) is 16.3 Å². The lowest BCUT2D eigenvalue weighted by molar-refractivity contribution is -0.122. The highest BCUT2D eigenvalue weighted by Crippen LogP contribution is 2.51. The fraction of sp³-hybridized carbons (Fsp3) is 0.255. The van der Waals surface area contributed by atoms with Crippen molar-refractivity contribution in [1.29, 1.82) is 5.26 Å². The van der Waals surface area contributed by atoms with Crippen LogP contribution in [-0.2, 0) is 39.9 Å². The zero-order chi connectivity index (χ0) is 47.4. The molecule has 2 heterocycles. The summed E-state index contributed by atoms with van der Waals surface area (Å²) in [7, 11) is -8.31. The number of nitrogens with zero attached hydrogens (tertiary/aromatic N) is 3. The van der Waals surface area contributed by atoms with Crippen molar-refractivity contribution in [3.8, 4) is 6.07 Å². The highest BCUT2D eigenvalue weighted by Gasteiger charge is 2.42. The van der Waals surface area contributed by atoms with Gasteiger partial charge in [-0.2, -0.15) is 13.7 Å². The average Bonchev–Trinajstić information content (AvgIpc) is 3.52. The Morgan fingerprint density at radius 3 is 2.14 bits per heavy atom. The largest absolute Gasteiger partial charge is 0.344 e. The van der Waals surface area contributed by atoms with Gasteiger partial charge >= 0.3 is 0 Å². The maximum Gasteiger partial charge on any atom is 0.294 e. The lowest BCUT2D eigenvalue weighted by atomic mass is 9.80. The predicted octanol–water partition coefficient (Wildman–Crippen LogP) is 9.21. The third-order valence-electron chi connectivity index (χ3n) is 12.1. The fourth-order valence-corrected chi connectivity index (χ4v) is 10.5. The first-order chi connectivity index (χ1) is 31.5. The van der Waals surface area contributed by atoms with Gasteiger partial charge in [-0.05, 0) is 108 Å². The number of allylic oxidation sites excluding steroid dienone is 3. The molecule has 0 bridgehead atoms. The Labute approximate surface area is 385 Å².